The molecule has 0 unspecified atom stereocenters. The van der Waals surface area contributed by atoms with Crippen molar-refractivity contribution in [3.05, 3.63) is 36.1 Å². The standard InChI is InChI=1S/C15H16N2O2/c18-15(17-13-7-12-5-11(13)8-16-12)10-2-1-9-3-4-19-14(9)6-10/h1-4,6,11-13,16H,5,7-8H2,(H,17,18)/t11-,12+,13-/m1/s1. The lowest BCUT2D eigenvalue weighted by Crippen LogP contribution is -2.44. The third-order valence-corrected chi connectivity index (χ3v) is 4.40. The van der Waals surface area contributed by atoms with E-state index in [1.807, 2.05) is 24.3 Å². The van der Waals surface area contributed by atoms with Crippen molar-refractivity contribution in [1.82, 2.24) is 10.6 Å². The molecule has 2 fully saturated rings. The van der Waals surface area contributed by atoms with Crippen LogP contribution >= 0.6 is 0 Å². The lowest BCUT2D eigenvalue weighted by Gasteiger charge is -2.23. The lowest BCUT2D eigenvalue weighted by atomic mass is 10.0. The molecule has 2 bridgehead atoms. The van der Waals surface area contributed by atoms with Crippen LogP contribution in [0, 0.1) is 5.92 Å². The fraction of sp³-hybridized carbons (Fsp3) is 0.400. The minimum absolute atomic E-state index is 0.0100. The molecule has 1 aromatic carbocycles. The van der Waals surface area contributed by atoms with Crippen molar-refractivity contribution in [3.8, 4) is 0 Å². The molecule has 1 saturated heterocycles. The summed E-state index contributed by atoms with van der Waals surface area (Å²) in [4.78, 5) is 12.3. The molecule has 3 atom stereocenters. The lowest BCUT2D eigenvalue weighted by molar-refractivity contribution is 0.0925. The second kappa shape index (κ2) is 4.10. The van der Waals surface area contributed by atoms with Gasteiger partial charge in [0, 0.05) is 29.6 Å². The van der Waals surface area contributed by atoms with Crippen LogP contribution in [-0.4, -0.2) is 24.5 Å². The molecule has 1 aromatic heterocycles. The minimum atomic E-state index is 0.0100. The van der Waals surface area contributed by atoms with Crippen LogP contribution in [0.15, 0.2) is 34.9 Å². The van der Waals surface area contributed by atoms with Crippen molar-refractivity contribution in [2.45, 2.75) is 24.9 Å². The number of carbonyl (C=O) groups excluding carboxylic acids is 1. The number of benzene rings is 1. The van der Waals surface area contributed by atoms with Gasteiger partial charge in [-0.3, -0.25) is 4.79 Å². The van der Waals surface area contributed by atoms with E-state index in [1.165, 1.54) is 6.42 Å². The third-order valence-electron chi connectivity index (χ3n) is 4.40. The van der Waals surface area contributed by atoms with Crippen molar-refractivity contribution in [2.24, 2.45) is 5.92 Å². The summed E-state index contributed by atoms with van der Waals surface area (Å²) >= 11 is 0. The Morgan fingerprint density at radius 1 is 1.32 bits per heavy atom. The van der Waals surface area contributed by atoms with Crippen molar-refractivity contribution in [1.29, 1.82) is 0 Å². The predicted octanol–water partition coefficient (Wildman–Crippen LogP) is 1.91. The van der Waals surface area contributed by atoms with Crippen LogP contribution in [0.5, 0.6) is 0 Å². The summed E-state index contributed by atoms with van der Waals surface area (Å²) in [5, 5.41) is 7.64. The summed E-state index contributed by atoms with van der Waals surface area (Å²) in [6, 6.07) is 8.43. The number of carbonyl (C=O) groups is 1. The van der Waals surface area contributed by atoms with E-state index in [-0.39, 0.29) is 5.91 Å². The van der Waals surface area contributed by atoms with Crippen molar-refractivity contribution < 1.29 is 9.21 Å². The second-order valence-corrected chi connectivity index (χ2v) is 5.59. The Balaban J connectivity index is 1.53. The summed E-state index contributed by atoms with van der Waals surface area (Å²) < 4.78 is 5.34. The summed E-state index contributed by atoms with van der Waals surface area (Å²) in [6.07, 6.45) is 3.90. The highest BCUT2D eigenvalue weighted by molar-refractivity contribution is 5.97. The Kier molecular flexibility index (Phi) is 2.38. The predicted molar refractivity (Wildman–Crippen MR) is 72.0 cm³/mol. The van der Waals surface area contributed by atoms with Gasteiger partial charge in [0.1, 0.15) is 5.58 Å². The molecule has 2 aromatic rings. The molecule has 1 aliphatic heterocycles. The SMILES string of the molecule is O=C(N[C@@H]1C[C@@H]2C[C@@H]1CN2)c1ccc2ccoc2c1. The number of nitrogens with one attached hydrogen (secondary N) is 2. The third kappa shape index (κ3) is 1.83. The molecule has 19 heavy (non-hydrogen) atoms. The van der Waals surface area contributed by atoms with Crippen LogP contribution in [0.1, 0.15) is 23.2 Å². The summed E-state index contributed by atoms with van der Waals surface area (Å²) in [6.45, 7) is 1.03. The van der Waals surface area contributed by atoms with Gasteiger partial charge >= 0.3 is 0 Å². The highest BCUT2D eigenvalue weighted by atomic mass is 16.3. The molecule has 98 valence electrons. The van der Waals surface area contributed by atoms with Gasteiger partial charge in [-0.05, 0) is 37.0 Å². The maximum Gasteiger partial charge on any atom is 0.251 e. The smallest absolute Gasteiger partial charge is 0.251 e. The first-order valence-electron chi connectivity index (χ1n) is 6.81. The van der Waals surface area contributed by atoms with E-state index < -0.39 is 0 Å². The zero-order valence-corrected chi connectivity index (χ0v) is 10.6. The Morgan fingerprint density at radius 3 is 3.05 bits per heavy atom. The van der Waals surface area contributed by atoms with E-state index in [0.29, 0.717) is 23.6 Å². The quantitative estimate of drug-likeness (QED) is 0.863. The van der Waals surface area contributed by atoms with Gasteiger partial charge in [0.05, 0.1) is 6.26 Å². The van der Waals surface area contributed by atoms with Crippen molar-refractivity contribution in [2.75, 3.05) is 6.54 Å². The van der Waals surface area contributed by atoms with Crippen LogP contribution in [0.4, 0.5) is 0 Å². The van der Waals surface area contributed by atoms with Gasteiger partial charge in [0.2, 0.25) is 0 Å². The topological polar surface area (TPSA) is 54.3 Å². The number of furan rings is 1. The fourth-order valence-electron chi connectivity index (χ4n) is 3.36. The molecule has 0 radical (unpaired) electrons. The first-order chi connectivity index (χ1) is 9.29. The molecule has 1 saturated carbocycles. The number of hydrogen-bond acceptors (Lipinski definition) is 3. The van der Waals surface area contributed by atoms with E-state index in [1.54, 1.807) is 6.26 Å². The first-order valence-corrected chi connectivity index (χ1v) is 6.81. The van der Waals surface area contributed by atoms with Crippen LogP contribution in [0.2, 0.25) is 0 Å². The van der Waals surface area contributed by atoms with Gasteiger partial charge in [-0.1, -0.05) is 6.07 Å². The molecule has 0 spiro atoms. The van der Waals surface area contributed by atoms with Gasteiger partial charge < -0.3 is 15.1 Å². The average molecular weight is 256 g/mol. The maximum atomic E-state index is 12.3. The Hall–Kier alpha value is -1.81. The van der Waals surface area contributed by atoms with Crippen LogP contribution in [0.25, 0.3) is 11.0 Å². The summed E-state index contributed by atoms with van der Waals surface area (Å²) in [5.74, 6) is 0.608. The van der Waals surface area contributed by atoms with E-state index in [2.05, 4.69) is 10.6 Å². The zero-order chi connectivity index (χ0) is 12.8. The average Bonchev–Trinajstić information content (AvgIpc) is 3.13. The molecule has 2 N–H and O–H groups in total. The maximum absolute atomic E-state index is 12.3. The molecule has 2 heterocycles. The van der Waals surface area contributed by atoms with Gasteiger partial charge in [0.25, 0.3) is 5.91 Å². The highest BCUT2D eigenvalue weighted by Gasteiger charge is 2.40. The number of hydrogen-bond donors (Lipinski definition) is 2. The fourth-order valence-corrected chi connectivity index (χ4v) is 3.36. The van der Waals surface area contributed by atoms with Crippen molar-refractivity contribution in [3.63, 3.8) is 0 Å². The summed E-state index contributed by atoms with van der Waals surface area (Å²) in [5.41, 5.74) is 1.44. The molecule has 4 heteroatoms. The van der Waals surface area contributed by atoms with Crippen LogP contribution < -0.4 is 10.6 Å². The number of rotatable bonds is 2. The van der Waals surface area contributed by atoms with E-state index in [9.17, 15) is 4.79 Å². The Morgan fingerprint density at radius 2 is 2.26 bits per heavy atom. The molecule has 1 amide bonds. The van der Waals surface area contributed by atoms with Crippen LogP contribution in [-0.2, 0) is 0 Å². The molecule has 2 aliphatic rings. The molecule has 4 rings (SSSR count). The highest BCUT2D eigenvalue weighted by Crippen LogP contribution is 2.31. The first kappa shape index (κ1) is 11.1. The molecule has 4 nitrogen and oxygen atoms in total. The molecular formula is C15H16N2O2. The van der Waals surface area contributed by atoms with Gasteiger partial charge in [-0.15, -0.1) is 0 Å². The Labute approximate surface area is 111 Å². The number of fused-ring (bicyclic) bond motifs is 3. The Bertz CT molecular complexity index is 634. The molecule has 1 aliphatic carbocycles. The second-order valence-electron chi connectivity index (χ2n) is 5.59. The largest absolute Gasteiger partial charge is 0.464 e. The van der Waals surface area contributed by atoms with Gasteiger partial charge in [-0.25, -0.2) is 0 Å². The van der Waals surface area contributed by atoms with E-state index in [0.717, 1.165) is 23.9 Å². The molecular weight excluding hydrogens is 240 g/mol. The van der Waals surface area contributed by atoms with Crippen molar-refractivity contribution >= 4 is 16.9 Å². The van der Waals surface area contributed by atoms with E-state index in [4.69, 9.17) is 4.42 Å². The normalized spacial score (nSPS) is 28.9. The van der Waals surface area contributed by atoms with Gasteiger partial charge in [0.15, 0.2) is 0 Å². The number of piperidine rings is 1. The number of amides is 1. The summed E-state index contributed by atoms with van der Waals surface area (Å²) in [7, 11) is 0. The zero-order valence-electron chi connectivity index (χ0n) is 10.6. The van der Waals surface area contributed by atoms with Crippen LogP contribution in [0.3, 0.4) is 0 Å². The monoisotopic (exact) mass is 256 g/mol. The van der Waals surface area contributed by atoms with Gasteiger partial charge in [-0.2, -0.15) is 0 Å². The minimum Gasteiger partial charge on any atom is -0.464 e. The van der Waals surface area contributed by atoms with E-state index >= 15 is 0 Å².